The van der Waals surface area contributed by atoms with Gasteiger partial charge in [-0.1, -0.05) is 51.1 Å². The van der Waals surface area contributed by atoms with E-state index in [1.165, 1.54) is 5.56 Å². The Hall–Kier alpha value is -0.860. The minimum Gasteiger partial charge on any atom is -0.392 e. The maximum absolute atomic E-state index is 9.65. The van der Waals surface area contributed by atoms with E-state index >= 15 is 0 Å². The van der Waals surface area contributed by atoms with Gasteiger partial charge in [-0.15, -0.1) is 0 Å². The molecule has 1 aromatic carbocycles. The number of hydrogen-bond acceptors (Lipinski definition) is 2. The summed E-state index contributed by atoms with van der Waals surface area (Å²) in [5.74, 6) is 0.806. The van der Waals surface area contributed by atoms with Gasteiger partial charge in [0.15, 0.2) is 0 Å². The quantitative estimate of drug-likeness (QED) is 0.773. The van der Waals surface area contributed by atoms with Crippen LogP contribution in [0.5, 0.6) is 0 Å². The standard InChI is InChI=1S/C14H23NO/c1-11(2)14(16)10-15-9-12(3)13-7-5-4-6-8-13/h4-8,11-12,14-16H,9-10H2,1-3H3/t12-,14+/m0/s1. The lowest BCUT2D eigenvalue weighted by Crippen LogP contribution is -2.32. The Morgan fingerprint density at radius 1 is 1.06 bits per heavy atom. The molecule has 0 aliphatic rings. The van der Waals surface area contributed by atoms with E-state index in [1.54, 1.807) is 0 Å². The van der Waals surface area contributed by atoms with Gasteiger partial charge in [-0.3, -0.25) is 0 Å². The lowest BCUT2D eigenvalue weighted by Gasteiger charge is -2.17. The van der Waals surface area contributed by atoms with Gasteiger partial charge in [0.2, 0.25) is 0 Å². The fourth-order valence-corrected chi connectivity index (χ4v) is 1.58. The van der Waals surface area contributed by atoms with Crippen LogP contribution in [0, 0.1) is 5.92 Å². The first kappa shape index (κ1) is 13.2. The molecule has 0 aliphatic heterocycles. The predicted octanol–water partition coefficient (Wildman–Crippen LogP) is 2.40. The van der Waals surface area contributed by atoms with E-state index in [0.29, 0.717) is 18.4 Å². The van der Waals surface area contributed by atoms with E-state index in [2.05, 4.69) is 36.5 Å². The third-order valence-corrected chi connectivity index (χ3v) is 2.94. The van der Waals surface area contributed by atoms with Crippen LogP contribution in [0.3, 0.4) is 0 Å². The summed E-state index contributed by atoms with van der Waals surface area (Å²) in [5, 5.41) is 13.0. The molecule has 0 heterocycles. The van der Waals surface area contributed by atoms with Gasteiger partial charge in [0, 0.05) is 13.1 Å². The van der Waals surface area contributed by atoms with Crippen LogP contribution in [0.15, 0.2) is 30.3 Å². The normalized spacial score (nSPS) is 15.1. The highest BCUT2D eigenvalue weighted by Gasteiger charge is 2.09. The number of aliphatic hydroxyl groups excluding tert-OH is 1. The van der Waals surface area contributed by atoms with Crippen LogP contribution >= 0.6 is 0 Å². The van der Waals surface area contributed by atoms with Gasteiger partial charge in [0.1, 0.15) is 0 Å². The third-order valence-electron chi connectivity index (χ3n) is 2.94. The molecule has 0 aliphatic carbocycles. The minimum absolute atomic E-state index is 0.247. The van der Waals surface area contributed by atoms with Gasteiger partial charge in [-0.05, 0) is 17.4 Å². The van der Waals surface area contributed by atoms with Gasteiger partial charge in [0.25, 0.3) is 0 Å². The van der Waals surface area contributed by atoms with Crippen LogP contribution < -0.4 is 5.32 Å². The second kappa shape index (κ2) is 6.66. The van der Waals surface area contributed by atoms with E-state index in [-0.39, 0.29) is 6.10 Å². The number of nitrogens with one attached hydrogen (secondary N) is 1. The monoisotopic (exact) mass is 221 g/mol. The first-order valence-corrected chi connectivity index (χ1v) is 6.05. The average molecular weight is 221 g/mol. The zero-order chi connectivity index (χ0) is 12.0. The van der Waals surface area contributed by atoms with Gasteiger partial charge in [0.05, 0.1) is 6.10 Å². The Morgan fingerprint density at radius 3 is 2.25 bits per heavy atom. The van der Waals surface area contributed by atoms with Gasteiger partial charge < -0.3 is 10.4 Å². The molecule has 0 saturated heterocycles. The van der Waals surface area contributed by atoms with Crippen LogP contribution in [0.25, 0.3) is 0 Å². The molecule has 0 unspecified atom stereocenters. The summed E-state index contributed by atoms with van der Waals surface area (Å²) in [4.78, 5) is 0. The summed E-state index contributed by atoms with van der Waals surface area (Å²) in [6.07, 6.45) is -0.247. The molecule has 0 amide bonds. The first-order chi connectivity index (χ1) is 7.61. The number of benzene rings is 1. The highest BCUT2D eigenvalue weighted by Crippen LogP contribution is 2.13. The van der Waals surface area contributed by atoms with Crippen LogP contribution in [0.4, 0.5) is 0 Å². The highest BCUT2D eigenvalue weighted by molar-refractivity contribution is 5.18. The molecule has 1 aromatic rings. The van der Waals surface area contributed by atoms with Crippen molar-refractivity contribution in [2.45, 2.75) is 32.8 Å². The molecule has 2 nitrogen and oxygen atoms in total. The second-order valence-corrected chi connectivity index (χ2v) is 4.78. The topological polar surface area (TPSA) is 32.3 Å². The van der Waals surface area contributed by atoms with E-state index < -0.39 is 0 Å². The molecule has 16 heavy (non-hydrogen) atoms. The van der Waals surface area contributed by atoms with Crippen molar-refractivity contribution in [1.29, 1.82) is 0 Å². The van der Waals surface area contributed by atoms with Crippen LogP contribution in [0.2, 0.25) is 0 Å². The van der Waals surface area contributed by atoms with E-state index in [0.717, 1.165) is 6.54 Å². The summed E-state index contributed by atoms with van der Waals surface area (Å²) in [7, 11) is 0. The highest BCUT2D eigenvalue weighted by atomic mass is 16.3. The van der Waals surface area contributed by atoms with Crippen molar-refractivity contribution >= 4 is 0 Å². The molecule has 0 aromatic heterocycles. The number of hydrogen-bond donors (Lipinski definition) is 2. The molecule has 0 radical (unpaired) electrons. The average Bonchev–Trinajstić information content (AvgIpc) is 2.29. The van der Waals surface area contributed by atoms with Crippen molar-refractivity contribution in [1.82, 2.24) is 5.32 Å². The molecule has 0 saturated carbocycles. The van der Waals surface area contributed by atoms with Gasteiger partial charge >= 0.3 is 0 Å². The minimum atomic E-state index is -0.247. The fraction of sp³-hybridized carbons (Fsp3) is 0.571. The molecule has 0 fully saturated rings. The maximum Gasteiger partial charge on any atom is 0.0687 e. The third kappa shape index (κ3) is 4.33. The smallest absolute Gasteiger partial charge is 0.0687 e. The van der Waals surface area contributed by atoms with Crippen LogP contribution in [-0.2, 0) is 0 Å². The fourth-order valence-electron chi connectivity index (χ4n) is 1.58. The Morgan fingerprint density at radius 2 is 1.69 bits per heavy atom. The summed E-state index contributed by atoms with van der Waals surface area (Å²) in [6.45, 7) is 7.85. The number of aliphatic hydroxyl groups is 1. The van der Waals surface area contributed by atoms with Crippen molar-refractivity contribution < 1.29 is 5.11 Å². The van der Waals surface area contributed by atoms with Crippen molar-refractivity contribution in [2.75, 3.05) is 13.1 Å². The van der Waals surface area contributed by atoms with E-state index in [9.17, 15) is 5.11 Å². The second-order valence-electron chi connectivity index (χ2n) is 4.78. The van der Waals surface area contributed by atoms with E-state index in [4.69, 9.17) is 0 Å². The van der Waals surface area contributed by atoms with Crippen molar-refractivity contribution in [2.24, 2.45) is 5.92 Å². The van der Waals surface area contributed by atoms with Crippen molar-refractivity contribution in [3.63, 3.8) is 0 Å². The molecule has 2 N–H and O–H groups in total. The Kier molecular flexibility index (Phi) is 5.50. The predicted molar refractivity (Wildman–Crippen MR) is 68.6 cm³/mol. The Labute approximate surface area is 98.7 Å². The summed E-state index contributed by atoms with van der Waals surface area (Å²) in [6, 6.07) is 10.5. The summed E-state index contributed by atoms with van der Waals surface area (Å²) >= 11 is 0. The lowest BCUT2D eigenvalue weighted by molar-refractivity contribution is 0.123. The van der Waals surface area contributed by atoms with Crippen molar-refractivity contribution in [3.8, 4) is 0 Å². The molecular weight excluding hydrogens is 198 g/mol. The zero-order valence-corrected chi connectivity index (χ0v) is 10.5. The van der Waals surface area contributed by atoms with Crippen LogP contribution in [0.1, 0.15) is 32.3 Å². The first-order valence-electron chi connectivity index (χ1n) is 6.05. The molecule has 1 rings (SSSR count). The summed E-state index contributed by atoms with van der Waals surface area (Å²) < 4.78 is 0. The van der Waals surface area contributed by atoms with Gasteiger partial charge in [-0.25, -0.2) is 0 Å². The molecule has 90 valence electrons. The zero-order valence-electron chi connectivity index (χ0n) is 10.5. The largest absolute Gasteiger partial charge is 0.392 e. The number of rotatable bonds is 6. The van der Waals surface area contributed by atoms with E-state index in [1.807, 2.05) is 19.9 Å². The van der Waals surface area contributed by atoms with Crippen molar-refractivity contribution in [3.05, 3.63) is 35.9 Å². The molecular formula is C14H23NO. The Balaban J connectivity index is 2.28. The van der Waals surface area contributed by atoms with Gasteiger partial charge in [-0.2, -0.15) is 0 Å². The lowest BCUT2D eigenvalue weighted by atomic mass is 10.0. The Bertz CT molecular complexity index is 284. The molecule has 2 atom stereocenters. The molecule has 0 spiro atoms. The summed E-state index contributed by atoms with van der Waals surface area (Å²) in [5.41, 5.74) is 1.34. The molecule has 0 bridgehead atoms. The maximum atomic E-state index is 9.65. The van der Waals surface area contributed by atoms with Crippen LogP contribution in [-0.4, -0.2) is 24.3 Å². The molecule has 2 heteroatoms. The SMILES string of the molecule is CC(C)[C@H](O)CNC[C@H](C)c1ccccc1.